The summed E-state index contributed by atoms with van der Waals surface area (Å²) in [6, 6.07) is 0.0318. The fourth-order valence-electron chi connectivity index (χ4n) is 5.68. The minimum absolute atomic E-state index is 0.0318. The molecule has 3 saturated heterocycles. The third-order valence-electron chi connectivity index (χ3n) is 7.26. The van der Waals surface area contributed by atoms with Crippen molar-refractivity contribution in [2.45, 2.75) is 64.8 Å². The first-order valence-corrected chi connectivity index (χ1v) is 11.2. The number of piperidine rings is 2. The van der Waals surface area contributed by atoms with Crippen molar-refractivity contribution in [2.75, 3.05) is 46.8 Å². The number of rotatable bonds is 3. The molecule has 3 aliphatic heterocycles. The van der Waals surface area contributed by atoms with E-state index in [1.54, 1.807) is 19.0 Å². The van der Waals surface area contributed by atoms with Crippen molar-refractivity contribution in [1.82, 2.24) is 19.6 Å². The van der Waals surface area contributed by atoms with E-state index < -0.39 is 0 Å². The molecule has 0 aliphatic carbocycles. The van der Waals surface area contributed by atoms with Crippen LogP contribution in [-0.2, 0) is 9.59 Å². The number of urea groups is 1. The van der Waals surface area contributed by atoms with Gasteiger partial charge in [0.1, 0.15) is 0 Å². The Morgan fingerprint density at radius 3 is 2.03 bits per heavy atom. The Balaban J connectivity index is 1.69. The quantitative estimate of drug-likeness (QED) is 0.723. The predicted octanol–water partition coefficient (Wildman–Crippen LogP) is 2.41. The normalized spacial score (nSPS) is 23.4. The first kappa shape index (κ1) is 21.9. The van der Waals surface area contributed by atoms with Gasteiger partial charge in [0, 0.05) is 58.8 Å². The average Bonchev–Trinajstić information content (AvgIpc) is 2.89. The van der Waals surface area contributed by atoms with Crippen molar-refractivity contribution in [3.8, 4) is 0 Å². The Bertz CT molecular complexity index is 644. The van der Waals surface area contributed by atoms with E-state index in [-0.39, 0.29) is 28.8 Å². The van der Waals surface area contributed by atoms with Crippen LogP contribution in [0.15, 0.2) is 0 Å². The number of hydrogen-bond donors (Lipinski definition) is 0. The Morgan fingerprint density at radius 1 is 1.00 bits per heavy atom. The van der Waals surface area contributed by atoms with Gasteiger partial charge in [-0.25, -0.2) is 4.79 Å². The van der Waals surface area contributed by atoms with E-state index in [0.717, 1.165) is 51.7 Å². The van der Waals surface area contributed by atoms with Crippen LogP contribution in [0.25, 0.3) is 0 Å². The van der Waals surface area contributed by atoms with E-state index in [0.29, 0.717) is 25.4 Å². The molecule has 3 fully saturated rings. The monoisotopic (exact) mass is 406 g/mol. The number of likely N-dealkylation sites (tertiary alicyclic amines) is 3. The van der Waals surface area contributed by atoms with E-state index in [2.05, 4.69) is 25.7 Å². The average molecular weight is 407 g/mol. The summed E-state index contributed by atoms with van der Waals surface area (Å²) in [5.74, 6) is 0.892. The van der Waals surface area contributed by atoms with Crippen LogP contribution in [0, 0.1) is 11.3 Å². The molecule has 0 aromatic carbocycles. The molecule has 0 bridgehead atoms. The molecule has 3 rings (SSSR count). The molecule has 4 amide bonds. The van der Waals surface area contributed by atoms with E-state index in [9.17, 15) is 14.4 Å². The second-order valence-corrected chi connectivity index (χ2v) is 9.87. The highest BCUT2D eigenvalue weighted by Crippen LogP contribution is 2.52. The van der Waals surface area contributed by atoms with Gasteiger partial charge in [-0.05, 0) is 44.9 Å². The topological polar surface area (TPSA) is 64.2 Å². The molecular weight excluding hydrogens is 368 g/mol. The van der Waals surface area contributed by atoms with Crippen LogP contribution >= 0.6 is 0 Å². The van der Waals surface area contributed by atoms with Gasteiger partial charge in [-0.2, -0.15) is 0 Å². The van der Waals surface area contributed by atoms with E-state index >= 15 is 0 Å². The number of carbonyl (C=O) groups excluding carboxylic acids is 3. The maximum absolute atomic E-state index is 13.5. The molecule has 164 valence electrons. The Hall–Kier alpha value is -1.79. The summed E-state index contributed by atoms with van der Waals surface area (Å²) in [5, 5.41) is 0. The predicted molar refractivity (Wildman–Crippen MR) is 112 cm³/mol. The maximum atomic E-state index is 13.5. The van der Waals surface area contributed by atoms with Crippen molar-refractivity contribution < 1.29 is 14.4 Å². The zero-order valence-corrected chi connectivity index (χ0v) is 18.9. The highest BCUT2D eigenvalue weighted by molar-refractivity contribution is 5.87. The summed E-state index contributed by atoms with van der Waals surface area (Å²) in [6.07, 6.45) is 4.72. The van der Waals surface area contributed by atoms with Crippen molar-refractivity contribution in [3.05, 3.63) is 0 Å². The fraction of sp³-hybridized carbons (Fsp3) is 0.864. The summed E-state index contributed by atoms with van der Waals surface area (Å²) >= 11 is 0. The lowest BCUT2D eigenvalue weighted by Crippen LogP contribution is -2.54. The molecule has 0 unspecified atom stereocenters. The molecule has 0 radical (unpaired) electrons. The molecular formula is C22H38N4O3. The largest absolute Gasteiger partial charge is 0.343 e. The van der Waals surface area contributed by atoms with Crippen molar-refractivity contribution in [1.29, 1.82) is 0 Å². The lowest BCUT2D eigenvalue weighted by atomic mass is 9.71. The second-order valence-electron chi connectivity index (χ2n) is 9.87. The molecule has 7 heteroatoms. The minimum atomic E-state index is -0.330. The standard InChI is InChI=1S/C22H38N4O3/c1-6-26-19(28)21(7-11-25(12-8-21)20(29)23(4)5)16-22(26)9-13-24(14-10-22)18(27)15-17(2)3/h17H,6-16H2,1-5H3. The van der Waals surface area contributed by atoms with E-state index in [1.165, 1.54) is 0 Å². The Kier molecular flexibility index (Phi) is 6.16. The molecule has 0 aromatic heterocycles. The van der Waals surface area contributed by atoms with Gasteiger partial charge in [-0.1, -0.05) is 13.8 Å². The Morgan fingerprint density at radius 2 is 1.55 bits per heavy atom. The number of amides is 4. The summed E-state index contributed by atoms with van der Waals surface area (Å²) in [4.78, 5) is 45.8. The van der Waals surface area contributed by atoms with Crippen molar-refractivity contribution in [3.63, 3.8) is 0 Å². The number of hydrogen-bond acceptors (Lipinski definition) is 3. The summed E-state index contributed by atoms with van der Waals surface area (Å²) in [7, 11) is 3.55. The van der Waals surface area contributed by atoms with Crippen LogP contribution in [0.2, 0.25) is 0 Å². The zero-order valence-electron chi connectivity index (χ0n) is 18.9. The van der Waals surface area contributed by atoms with Gasteiger partial charge in [0.2, 0.25) is 11.8 Å². The number of nitrogens with zero attached hydrogens (tertiary/aromatic N) is 4. The van der Waals surface area contributed by atoms with Gasteiger partial charge in [0.25, 0.3) is 0 Å². The lowest BCUT2D eigenvalue weighted by Gasteiger charge is -2.45. The van der Waals surface area contributed by atoms with Gasteiger partial charge in [0.15, 0.2) is 0 Å². The third kappa shape index (κ3) is 3.97. The molecule has 7 nitrogen and oxygen atoms in total. The van der Waals surface area contributed by atoms with Crippen LogP contribution in [0.5, 0.6) is 0 Å². The molecule has 0 saturated carbocycles. The summed E-state index contributed by atoms with van der Waals surface area (Å²) < 4.78 is 0. The summed E-state index contributed by atoms with van der Waals surface area (Å²) in [5.41, 5.74) is -0.447. The van der Waals surface area contributed by atoms with Crippen LogP contribution in [0.1, 0.15) is 59.3 Å². The SMILES string of the molecule is CCN1C(=O)C2(CCN(C(=O)N(C)C)CC2)CC12CCN(C(=O)CC(C)C)CC2. The molecule has 0 atom stereocenters. The van der Waals surface area contributed by atoms with Gasteiger partial charge in [0.05, 0.1) is 5.41 Å². The molecule has 0 N–H and O–H groups in total. The van der Waals surface area contributed by atoms with Crippen molar-refractivity contribution in [2.24, 2.45) is 11.3 Å². The van der Waals surface area contributed by atoms with Crippen LogP contribution < -0.4 is 0 Å². The Labute approximate surface area is 175 Å². The highest BCUT2D eigenvalue weighted by Gasteiger charge is 2.59. The zero-order chi connectivity index (χ0) is 21.4. The second kappa shape index (κ2) is 8.15. The van der Waals surface area contributed by atoms with Crippen molar-refractivity contribution >= 4 is 17.8 Å². The van der Waals surface area contributed by atoms with Gasteiger partial charge in [-0.15, -0.1) is 0 Å². The molecule has 29 heavy (non-hydrogen) atoms. The summed E-state index contributed by atoms with van der Waals surface area (Å²) in [6.45, 7) is 9.74. The first-order chi connectivity index (χ1) is 13.6. The lowest BCUT2D eigenvalue weighted by molar-refractivity contribution is -0.141. The third-order valence-corrected chi connectivity index (χ3v) is 7.26. The van der Waals surface area contributed by atoms with Crippen LogP contribution in [0.3, 0.4) is 0 Å². The minimum Gasteiger partial charge on any atom is -0.343 e. The van der Waals surface area contributed by atoms with Gasteiger partial charge >= 0.3 is 6.03 Å². The van der Waals surface area contributed by atoms with E-state index in [4.69, 9.17) is 0 Å². The molecule has 3 heterocycles. The molecule has 0 aromatic rings. The smallest absolute Gasteiger partial charge is 0.319 e. The highest BCUT2D eigenvalue weighted by atomic mass is 16.2. The maximum Gasteiger partial charge on any atom is 0.319 e. The molecule has 2 spiro atoms. The van der Waals surface area contributed by atoms with Crippen LogP contribution in [0.4, 0.5) is 4.79 Å². The first-order valence-electron chi connectivity index (χ1n) is 11.2. The fourth-order valence-corrected chi connectivity index (χ4v) is 5.68. The van der Waals surface area contributed by atoms with Gasteiger partial charge in [-0.3, -0.25) is 9.59 Å². The number of carbonyl (C=O) groups is 3. The van der Waals surface area contributed by atoms with Gasteiger partial charge < -0.3 is 19.6 Å². The van der Waals surface area contributed by atoms with Crippen LogP contribution in [-0.4, -0.2) is 89.8 Å². The van der Waals surface area contributed by atoms with E-state index in [1.807, 2.05) is 9.80 Å². The molecule has 3 aliphatic rings.